The topological polar surface area (TPSA) is 38.3 Å². The van der Waals surface area contributed by atoms with Gasteiger partial charge in [-0.1, -0.05) is 20.8 Å². The third-order valence-electron chi connectivity index (χ3n) is 1.16. The predicted octanol–water partition coefficient (Wildman–Crippen LogP) is 0.753. The van der Waals surface area contributed by atoms with Crippen molar-refractivity contribution in [3.05, 3.63) is 0 Å². The molecule has 1 N–H and O–H groups in total. The summed E-state index contributed by atoms with van der Waals surface area (Å²) in [5.74, 6) is 0.125. The highest BCUT2D eigenvalue weighted by Gasteiger charge is 2.16. The summed E-state index contributed by atoms with van der Waals surface area (Å²) in [5.41, 5.74) is 0. The van der Waals surface area contributed by atoms with Crippen molar-refractivity contribution < 1.29 is 9.53 Å². The van der Waals surface area contributed by atoms with E-state index in [0.717, 1.165) is 0 Å². The van der Waals surface area contributed by atoms with Crippen LogP contribution in [-0.4, -0.2) is 19.2 Å². The first kappa shape index (κ1) is 9.43. The molecule has 1 saturated heterocycles. The summed E-state index contributed by atoms with van der Waals surface area (Å²) in [6.45, 7) is 6.78. The number of amides is 1. The predicted molar refractivity (Wildman–Crippen MR) is 39.5 cm³/mol. The van der Waals surface area contributed by atoms with Crippen LogP contribution in [0.3, 0.4) is 0 Å². The van der Waals surface area contributed by atoms with Gasteiger partial charge in [0, 0.05) is 0 Å². The van der Waals surface area contributed by atoms with Gasteiger partial charge in [-0.05, 0) is 0 Å². The zero-order valence-electron chi connectivity index (χ0n) is 6.81. The number of carbonyl (C=O) groups excluding carboxylic acids is 1. The van der Waals surface area contributed by atoms with Crippen LogP contribution in [0, 0.1) is 5.92 Å². The fraction of sp³-hybridized carbons (Fsp3) is 0.857. The Labute approximate surface area is 61.8 Å². The molecule has 0 aliphatic carbocycles. The van der Waals surface area contributed by atoms with E-state index in [1.165, 1.54) is 0 Å². The minimum absolute atomic E-state index is 0.0312. The SMILES string of the molecule is CC.CC1COCNC1=O. The maximum Gasteiger partial charge on any atom is 0.226 e. The molecule has 0 aromatic rings. The maximum absolute atomic E-state index is 10.6. The molecule has 1 fully saturated rings. The van der Waals surface area contributed by atoms with Crippen molar-refractivity contribution in [3.8, 4) is 0 Å². The summed E-state index contributed by atoms with van der Waals surface area (Å²) >= 11 is 0. The third kappa shape index (κ3) is 2.82. The smallest absolute Gasteiger partial charge is 0.226 e. The molecule has 10 heavy (non-hydrogen) atoms. The highest BCUT2D eigenvalue weighted by molar-refractivity contribution is 5.78. The minimum atomic E-state index is 0.0312. The van der Waals surface area contributed by atoms with Gasteiger partial charge in [-0.3, -0.25) is 4.79 Å². The lowest BCUT2D eigenvalue weighted by Gasteiger charge is -2.17. The lowest BCUT2D eigenvalue weighted by Crippen LogP contribution is -2.39. The van der Waals surface area contributed by atoms with E-state index in [1.807, 2.05) is 20.8 Å². The molecular weight excluding hydrogens is 130 g/mol. The van der Waals surface area contributed by atoms with Gasteiger partial charge in [0.25, 0.3) is 0 Å². The molecule has 0 spiro atoms. The molecule has 0 aromatic heterocycles. The summed E-state index contributed by atoms with van der Waals surface area (Å²) in [7, 11) is 0. The fourth-order valence-electron chi connectivity index (χ4n) is 0.608. The van der Waals surface area contributed by atoms with Crippen molar-refractivity contribution in [3.63, 3.8) is 0 Å². The minimum Gasteiger partial charge on any atom is -0.360 e. The van der Waals surface area contributed by atoms with Gasteiger partial charge < -0.3 is 10.1 Å². The summed E-state index contributed by atoms with van der Waals surface area (Å²) in [4.78, 5) is 10.6. The maximum atomic E-state index is 10.6. The van der Waals surface area contributed by atoms with Gasteiger partial charge in [0.05, 0.1) is 12.5 Å². The molecule has 0 saturated carbocycles. The Hall–Kier alpha value is -0.570. The quantitative estimate of drug-likeness (QED) is 0.546. The van der Waals surface area contributed by atoms with Crippen molar-refractivity contribution in [2.75, 3.05) is 13.3 Å². The van der Waals surface area contributed by atoms with Crippen LogP contribution in [0.2, 0.25) is 0 Å². The second kappa shape index (κ2) is 5.23. The van der Waals surface area contributed by atoms with E-state index in [-0.39, 0.29) is 11.8 Å². The van der Waals surface area contributed by atoms with Crippen LogP contribution in [0.5, 0.6) is 0 Å². The Bertz CT molecular complexity index is 104. The molecule has 60 valence electrons. The number of carbonyl (C=O) groups is 1. The molecule has 1 rings (SSSR count). The molecule has 3 heteroatoms. The van der Waals surface area contributed by atoms with Crippen molar-refractivity contribution in [1.29, 1.82) is 0 Å². The molecule has 1 unspecified atom stereocenters. The number of rotatable bonds is 0. The zero-order chi connectivity index (χ0) is 7.98. The van der Waals surface area contributed by atoms with Gasteiger partial charge in [-0.2, -0.15) is 0 Å². The van der Waals surface area contributed by atoms with Gasteiger partial charge in [0.2, 0.25) is 5.91 Å². The van der Waals surface area contributed by atoms with Gasteiger partial charge in [0.15, 0.2) is 0 Å². The molecule has 0 radical (unpaired) electrons. The van der Waals surface area contributed by atoms with E-state index in [2.05, 4.69) is 5.32 Å². The molecule has 3 nitrogen and oxygen atoms in total. The van der Waals surface area contributed by atoms with Gasteiger partial charge in [-0.25, -0.2) is 0 Å². The molecular formula is C7H15NO2. The molecule has 0 aromatic carbocycles. The zero-order valence-corrected chi connectivity index (χ0v) is 6.81. The average molecular weight is 145 g/mol. The monoisotopic (exact) mass is 145 g/mol. The summed E-state index contributed by atoms with van der Waals surface area (Å²) in [5, 5.41) is 2.57. The Morgan fingerprint density at radius 1 is 1.60 bits per heavy atom. The van der Waals surface area contributed by atoms with Crippen LogP contribution in [0.25, 0.3) is 0 Å². The van der Waals surface area contributed by atoms with Crippen molar-refractivity contribution in [2.24, 2.45) is 5.92 Å². The van der Waals surface area contributed by atoms with Gasteiger partial charge in [-0.15, -0.1) is 0 Å². The normalized spacial score (nSPS) is 24.3. The molecule has 1 atom stereocenters. The lowest BCUT2D eigenvalue weighted by molar-refractivity contribution is -0.133. The van der Waals surface area contributed by atoms with Gasteiger partial charge >= 0.3 is 0 Å². The highest BCUT2D eigenvalue weighted by Crippen LogP contribution is 1.98. The Kier molecular flexibility index (Phi) is 4.94. The van der Waals surface area contributed by atoms with E-state index in [9.17, 15) is 4.79 Å². The van der Waals surface area contributed by atoms with Gasteiger partial charge in [0.1, 0.15) is 6.73 Å². The van der Waals surface area contributed by atoms with Crippen molar-refractivity contribution >= 4 is 5.91 Å². The van der Waals surface area contributed by atoms with Crippen molar-refractivity contribution in [2.45, 2.75) is 20.8 Å². The standard InChI is InChI=1S/C5H9NO2.C2H6/c1-4-2-8-3-6-5(4)7;1-2/h4H,2-3H2,1H3,(H,6,7);1-2H3. The first-order chi connectivity index (χ1) is 4.80. The second-order valence-electron chi connectivity index (χ2n) is 1.96. The van der Waals surface area contributed by atoms with Crippen molar-refractivity contribution in [1.82, 2.24) is 5.32 Å². The summed E-state index contributed by atoms with van der Waals surface area (Å²) < 4.78 is 4.92. The number of nitrogens with one attached hydrogen (secondary N) is 1. The molecule has 1 aliphatic heterocycles. The Balaban J connectivity index is 0.000000371. The van der Waals surface area contributed by atoms with E-state index in [4.69, 9.17) is 4.74 Å². The average Bonchev–Trinajstić information content (AvgIpc) is 2.00. The molecule has 0 bridgehead atoms. The fourth-order valence-corrected chi connectivity index (χ4v) is 0.608. The van der Waals surface area contributed by atoms with Crippen LogP contribution in [0.1, 0.15) is 20.8 Å². The first-order valence-corrected chi connectivity index (χ1v) is 3.66. The summed E-state index contributed by atoms with van der Waals surface area (Å²) in [6, 6.07) is 0. The van der Waals surface area contributed by atoms with Crippen LogP contribution in [0.4, 0.5) is 0 Å². The molecule has 1 heterocycles. The van der Waals surface area contributed by atoms with Crippen LogP contribution < -0.4 is 5.32 Å². The van der Waals surface area contributed by atoms with E-state index >= 15 is 0 Å². The Morgan fingerprint density at radius 3 is 2.50 bits per heavy atom. The lowest BCUT2D eigenvalue weighted by atomic mass is 10.2. The van der Waals surface area contributed by atoms with E-state index in [0.29, 0.717) is 13.3 Å². The Morgan fingerprint density at radius 2 is 2.20 bits per heavy atom. The number of ether oxygens (including phenoxy) is 1. The highest BCUT2D eigenvalue weighted by atomic mass is 16.5. The van der Waals surface area contributed by atoms with Crippen LogP contribution in [-0.2, 0) is 9.53 Å². The number of hydrogen-bond acceptors (Lipinski definition) is 2. The number of hydrogen-bond donors (Lipinski definition) is 1. The third-order valence-corrected chi connectivity index (χ3v) is 1.16. The molecule has 1 aliphatic rings. The summed E-state index contributed by atoms with van der Waals surface area (Å²) in [6.07, 6.45) is 0. The second-order valence-corrected chi connectivity index (χ2v) is 1.96. The first-order valence-electron chi connectivity index (χ1n) is 3.66. The largest absolute Gasteiger partial charge is 0.360 e. The molecule has 1 amide bonds. The van der Waals surface area contributed by atoms with E-state index < -0.39 is 0 Å². The van der Waals surface area contributed by atoms with E-state index in [1.54, 1.807) is 0 Å². The van der Waals surface area contributed by atoms with Crippen LogP contribution >= 0.6 is 0 Å². The van der Waals surface area contributed by atoms with Crippen LogP contribution in [0.15, 0.2) is 0 Å².